The summed E-state index contributed by atoms with van der Waals surface area (Å²) in [6.45, 7) is 0. The van der Waals surface area contributed by atoms with Crippen LogP contribution in [0.4, 0.5) is 0 Å². The van der Waals surface area contributed by atoms with E-state index in [1.165, 1.54) is 0 Å². The quantitative estimate of drug-likeness (QED) is 0.264. The Balaban J connectivity index is 1.62. The molecule has 0 saturated carbocycles. The van der Waals surface area contributed by atoms with E-state index in [2.05, 4.69) is 0 Å². The van der Waals surface area contributed by atoms with Crippen molar-refractivity contribution < 1.29 is 24.4 Å². The van der Waals surface area contributed by atoms with E-state index < -0.39 is 5.60 Å². The molecule has 6 rings (SSSR count). The van der Waals surface area contributed by atoms with Crippen LogP contribution in [0.2, 0.25) is 0 Å². The monoisotopic (exact) mass is 502 g/mol. The van der Waals surface area contributed by atoms with E-state index in [4.69, 9.17) is 14.2 Å². The van der Waals surface area contributed by atoms with Gasteiger partial charge in [-0.15, -0.1) is 0 Å². The van der Waals surface area contributed by atoms with Crippen LogP contribution in [0, 0.1) is 0 Å². The number of benzene rings is 5. The van der Waals surface area contributed by atoms with Crippen LogP contribution in [0.25, 0.3) is 28.0 Å². The predicted molar refractivity (Wildman–Crippen MR) is 149 cm³/mol. The van der Waals surface area contributed by atoms with Gasteiger partial charge in [-0.05, 0) is 47.9 Å². The second kappa shape index (κ2) is 9.20. The first-order valence-corrected chi connectivity index (χ1v) is 12.3. The zero-order chi connectivity index (χ0) is 26.3. The molecule has 188 valence electrons. The average Bonchev–Trinajstić information content (AvgIpc) is 2.98. The SMILES string of the molecule is COc1ccc(C2(c3ccc(OC)cc3)C=Cc3c(O)c(-c4ccccc4O)c4ccccc4c3O2)cc1. The molecule has 2 N–H and O–H groups in total. The molecule has 0 aromatic heterocycles. The third kappa shape index (κ3) is 3.63. The smallest absolute Gasteiger partial charge is 0.178 e. The second-order valence-corrected chi connectivity index (χ2v) is 9.16. The maximum atomic E-state index is 11.6. The fourth-order valence-electron chi connectivity index (χ4n) is 5.19. The number of phenolic OH excluding ortho intramolecular Hbond substituents is 2. The molecule has 5 nitrogen and oxygen atoms in total. The highest BCUT2D eigenvalue weighted by atomic mass is 16.5. The van der Waals surface area contributed by atoms with Crippen LogP contribution in [0.3, 0.4) is 0 Å². The number of fused-ring (bicyclic) bond motifs is 3. The van der Waals surface area contributed by atoms with Crippen LogP contribution in [-0.2, 0) is 5.60 Å². The van der Waals surface area contributed by atoms with Crippen molar-refractivity contribution in [2.75, 3.05) is 14.2 Å². The summed E-state index contributed by atoms with van der Waals surface area (Å²) in [6, 6.07) is 30.3. The minimum Gasteiger partial charge on any atom is -0.507 e. The lowest BCUT2D eigenvalue weighted by Gasteiger charge is -2.37. The maximum absolute atomic E-state index is 11.6. The Hall–Kier alpha value is -4.90. The minimum absolute atomic E-state index is 0.0505. The third-order valence-corrected chi connectivity index (χ3v) is 7.14. The first-order chi connectivity index (χ1) is 18.6. The summed E-state index contributed by atoms with van der Waals surface area (Å²) >= 11 is 0. The third-order valence-electron chi connectivity index (χ3n) is 7.14. The van der Waals surface area contributed by atoms with E-state index in [0.29, 0.717) is 22.4 Å². The highest BCUT2D eigenvalue weighted by Gasteiger charge is 2.39. The molecule has 1 aliphatic heterocycles. The molecule has 0 bridgehead atoms. The van der Waals surface area contributed by atoms with Crippen LogP contribution in [0.5, 0.6) is 28.7 Å². The number of ether oxygens (including phenoxy) is 3. The zero-order valence-corrected chi connectivity index (χ0v) is 21.0. The van der Waals surface area contributed by atoms with Gasteiger partial charge in [-0.3, -0.25) is 0 Å². The Morgan fingerprint density at radius 2 is 1.21 bits per heavy atom. The fraction of sp³-hybridized carbons (Fsp3) is 0.0909. The van der Waals surface area contributed by atoms with Crippen LogP contribution < -0.4 is 14.2 Å². The van der Waals surface area contributed by atoms with Crippen molar-refractivity contribution in [1.82, 2.24) is 0 Å². The van der Waals surface area contributed by atoms with Gasteiger partial charge in [0.15, 0.2) is 5.60 Å². The molecule has 5 aromatic rings. The summed E-state index contributed by atoms with van der Waals surface area (Å²) in [7, 11) is 3.27. The summed E-state index contributed by atoms with van der Waals surface area (Å²) in [6.07, 6.45) is 3.86. The predicted octanol–water partition coefficient (Wildman–Crippen LogP) is 7.28. The molecule has 0 radical (unpaired) electrons. The number of aromatic hydroxyl groups is 2. The zero-order valence-electron chi connectivity index (χ0n) is 21.0. The molecule has 0 saturated heterocycles. The van der Waals surface area contributed by atoms with Gasteiger partial charge in [-0.2, -0.15) is 0 Å². The largest absolute Gasteiger partial charge is 0.507 e. The normalized spacial score (nSPS) is 13.5. The lowest BCUT2D eigenvalue weighted by atomic mass is 9.82. The molecule has 38 heavy (non-hydrogen) atoms. The molecule has 1 aliphatic rings. The lowest BCUT2D eigenvalue weighted by Crippen LogP contribution is -2.34. The molecule has 5 aromatic carbocycles. The van der Waals surface area contributed by atoms with Crippen molar-refractivity contribution >= 4 is 16.8 Å². The molecule has 0 atom stereocenters. The number of para-hydroxylation sites is 1. The van der Waals surface area contributed by atoms with E-state index in [1.54, 1.807) is 32.4 Å². The molecular formula is C33H26O5. The van der Waals surface area contributed by atoms with Crippen molar-refractivity contribution in [1.29, 1.82) is 0 Å². The first-order valence-electron chi connectivity index (χ1n) is 12.3. The van der Waals surface area contributed by atoms with E-state index >= 15 is 0 Å². The number of rotatable bonds is 5. The molecule has 5 heteroatoms. The Morgan fingerprint density at radius 3 is 1.79 bits per heavy atom. The first kappa shape index (κ1) is 23.5. The van der Waals surface area contributed by atoms with Gasteiger partial charge < -0.3 is 24.4 Å². The van der Waals surface area contributed by atoms with Crippen LogP contribution in [0.1, 0.15) is 16.7 Å². The van der Waals surface area contributed by atoms with Crippen LogP contribution in [0.15, 0.2) is 103 Å². The van der Waals surface area contributed by atoms with Crippen molar-refractivity contribution in [2.24, 2.45) is 0 Å². The number of hydrogen-bond acceptors (Lipinski definition) is 5. The summed E-state index contributed by atoms with van der Waals surface area (Å²) in [5.74, 6) is 2.20. The van der Waals surface area contributed by atoms with Crippen molar-refractivity contribution in [3.05, 3.63) is 120 Å². The van der Waals surface area contributed by atoms with Gasteiger partial charge >= 0.3 is 0 Å². The van der Waals surface area contributed by atoms with Crippen LogP contribution in [-0.4, -0.2) is 24.4 Å². The minimum atomic E-state index is -0.975. The van der Waals surface area contributed by atoms with Gasteiger partial charge in [-0.1, -0.05) is 66.7 Å². The molecular weight excluding hydrogens is 476 g/mol. The van der Waals surface area contributed by atoms with Gasteiger partial charge in [0.05, 0.1) is 19.8 Å². The van der Waals surface area contributed by atoms with Gasteiger partial charge in [-0.25, -0.2) is 0 Å². The molecule has 0 unspecified atom stereocenters. The van der Waals surface area contributed by atoms with Gasteiger partial charge in [0.1, 0.15) is 28.7 Å². The Kier molecular flexibility index (Phi) is 5.69. The number of hydrogen-bond donors (Lipinski definition) is 2. The van der Waals surface area contributed by atoms with Crippen molar-refractivity contribution in [3.63, 3.8) is 0 Å². The number of methoxy groups -OCH3 is 2. The topological polar surface area (TPSA) is 68.2 Å². The Labute approximate surface area is 220 Å². The summed E-state index contributed by atoms with van der Waals surface area (Å²) in [4.78, 5) is 0. The standard InChI is InChI=1S/C33H26O5/c1-36-23-15-11-21(12-16-23)33(22-13-17-24(37-2)18-14-22)20-19-28-31(35)30(27-9-5-6-10-29(27)34)25-7-3-4-8-26(25)32(28)38-33/h3-20,34-35H,1-2H3. The van der Waals surface area contributed by atoms with E-state index in [9.17, 15) is 10.2 Å². The molecule has 0 spiro atoms. The average molecular weight is 503 g/mol. The Morgan fingerprint density at radius 1 is 0.658 bits per heavy atom. The number of phenols is 2. The van der Waals surface area contributed by atoms with E-state index in [0.717, 1.165) is 33.4 Å². The van der Waals surface area contributed by atoms with Gasteiger partial charge in [0, 0.05) is 27.6 Å². The van der Waals surface area contributed by atoms with Crippen molar-refractivity contribution in [3.8, 4) is 39.9 Å². The van der Waals surface area contributed by atoms with Crippen molar-refractivity contribution in [2.45, 2.75) is 5.60 Å². The summed E-state index contributed by atoms with van der Waals surface area (Å²) in [5, 5.41) is 23.8. The highest BCUT2D eigenvalue weighted by molar-refractivity contribution is 6.07. The lowest BCUT2D eigenvalue weighted by molar-refractivity contribution is 0.163. The Bertz CT molecular complexity index is 1620. The van der Waals surface area contributed by atoms with Crippen LogP contribution >= 0.6 is 0 Å². The summed E-state index contributed by atoms with van der Waals surface area (Å²) in [5.41, 5.74) is 2.50. The van der Waals surface area contributed by atoms with E-state index in [-0.39, 0.29) is 11.5 Å². The fourth-order valence-corrected chi connectivity index (χ4v) is 5.19. The molecule has 0 amide bonds. The van der Waals surface area contributed by atoms with Gasteiger partial charge in [0.25, 0.3) is 0 Å². The van der Waals surface area contributed by atoms with E-state index in [1.807, 2.05) is 91.0 Å². The molecule has 0 aliphatic carbocycles. The second-order valence-electron chi connectivity index (χ2n) is 9.16. The molecule has 1 heterocycles. The molecule has 0 fully saturated rings. The maximum Gasteiger partial charge on any atom is 0.178 e. The van der Waals surface area contributed by atoms with Gasteiger partial charge in [0.2, 0.25) is 0 Å². The highest BCUT2D eigenvalue weighted by Crippen LogP contribution is 2.53. The summed E-state index contributed by atoms with van der Waals surface area (Å²) < 4.78 is 17.7.